The molecule has 1 aliphatic heterocycles. The van der Waals surface area contributed by atoms with Crippen molar-refractivity contribution in [2.75, 3.05) is 16.8 Å². The molecule has 0 spiro atoms. The summed E-state index contributed by atoms with van der Waals surface area (Å²) in [6, 6.07) is 9.01. The van der Waals surface area contributed by atoms with E-state index >= 15 is 0 Å². The van der Waals surface area contributed by atoms with E-state index in [9.17, 15) is 13.2 Å². The standard InChI is InChI=1S/C17H20N4O3S/c1-11-3-5-13(6-4-11)20-16-9-15(18-12(2)19-16)17(22)21-14-7-8-25(23,24)10-14/h3-6,9,14H,7-8,10H2,1-2H3,(H,21,22)(H,18,19,20). The molecule has 0 aliphatic carbocycles. The van der Waals surface area contributed by atoms with Gasteiger partial charge < -0.3 is 10.6 Å². The van der Waals surface area contributed by atoms with Gasteiger partial charge in [0.1, 0.15) is 17.3 Å². The minimum Gasteiger partial charge on any atom is -0.347 e. The maximum atomic E-state index is 12.4. The first-order chi connectivity index (χ1) is 11.8. The van der Waals surface area contributed by atoms with Crippen LogP contribution in [0.5, 0.6) is 0 Å². The van der Waals surface area contributed by atoms with Crippen LogP contribution < -0.4 is 10.6 Å². The molecular weight excluding hydrogens is 340 g/mol. The molecule has 0 saturated carbocycles. The van der Waals surface area contributed by atoms with Gasteiger partial charge in [0.2, 0.25) is 0 Å². The van der Waals surface area contributed by atoms with E-state index in [1.807, 2.05) is 31.2 Å². The van der Waals surface area contributed by atoms with E-state index in [1.165, 1.54) is 0 Å². The summed E-state index contributed by atoms with van der Waals surface area (Å²) >= 11 is 0. The maximum absolute atomic E-state index is 12.4. The average molecular weight is 360 g/mol. The van der Waals surface area contributed by atoms with Gasteiger partial charge in [-0.2, -0.15) is 0 Å². The van der Waals surface area contributed by atoms with Crippen LogP contribution in [0.2, 0.25) is 0 Å². The van der Waals surface area contributed by atoms with Crippen LogP contribution in [0.15, 0.2) is 30.3 Å². The van der Waals surface area contributed by atoms with Gasteiger partial charge in [-0.15, -0.1) is 0 Å². The Balaban J connectivity index is 1.74. The van der Waals surface area contributed by atoms with E-state index in [1.54, 1.807) is 13.0 Å². The number of carbonyl (C=O) groups is 1. The minimum atomic E-state index is -3.04. The van der Waals surface area contributed by atoms with Gasteiger partial charge in [-0.1, -0.05) is 17.7 Å². The smallest absolute Gasteiger partial charge is 0.270 e. The molecular formula is C17H20N4O3S. The molecule has 25 heavy (non-hydrogen) atoms. The highest BCUT2D eigenvalue weighted by Crippen LogP contribution is 2.17. The zero-order valence-corrected chi connectivity index (χ0v) is 14.9. The van der Waals surface area contributed by atoms with Crippen molar-refractivity contribution >= 4 is 27.2 Å². The second-order valence-electron chi connectivity index (χ2n) is 6.25. The third-order valence-corrected chi connectivity index (χ3v) is 5.73. The number of benzene rings is 1. The second kappa shape index (κ2) is 6.79. The summed E-state index contributed by atoms with van der Waals surface area (Å²) < 4.78 is 23.0. The van der Waals surface area contributed by atoms with Crippen LogP contribution in [0.25, 0.3) is 0 Å². The Morgan fingerprint density at radius 2 is 1.88 bits per heavy atom. The number of nitrogens with zero attached hydrogens (tertiary/aromatic N) is 2. The van der Waals surface area contributed by atoms with Crippen molar-refractivity contribution in [2.45, 2.75) is 26.3 Å². The van der Waals surface area contributed by atoms with E-state index < -0.39 is 9.84 Å². The van der Waals surface area contributed by atoms with Gasteiger partial charge in [0.05, 0.1) is 11.5 Å². The third-order valence-electron chi connectivity index (χ3n) is 3.96. The molecule has 1 saturated heterocycles. The summed E-state index contributed by atoms with van der Waals surface area (Å²) in [6.07, 6.45) is 0.437. The maximum Gasteiger partial charge on any atom is 0.270 e. The zero-order chi connectivity index (χ0) is 18.0. The van der Waals surface area contributed by atoms with Crippen molar-refractivity contribution in [1.82, 2.24) is 15.3 Å². The number of hydrogen-bond donors (Lipinski definition) is 2. The van der Waals surface area contributed by atoms with Gasteiger partial charge in [-0.25, -0.2) is 18.4 Å². The normalized spacial score (nSPS) is 18.7. The van der Waals surface area contributed by atoms with E-state index in [-0.39, 0.29) is 29.1 Å². The Morgan fingerprint density at radius 1 is 1.16 bits per heavy atom. The number of aromatic nitrogens is 2. The Hall–Kier alpha value is -2.48. The Morgan fingerprint density at radius 3 is 2.52 bits per heavy atom. The van der Waals surface area contributed by atoms with Gasteiger partial charge in [-0.05, 0) is 32.4 Å². The molecule has 1 aliphatic rings. The summed E-state index contributed by atoms with van der Waals surface area (Å²) in [5, 5.41) is 5.89. The molecule has 0 radical (unpaired) electrons. The third kappa shape index (κ3) is 4.54. The highest BCUT2D eigenvalue weighted by Gasteiger charge is 2.29. The van der Waals surface area contributed by atoms with Gasteiger partial charge >= 0.3 is 0 Å². The van der Waals surface area contributed by atoms with E-state index in [4.69, 9.17) is 0 Å². The molecule has 1 amide bonds. The number of rotatable bonds is 4. The predicted octanol–water partition coefficient (Wildman–Crippen LogP) is 1.75. The zero-order valence-electron chi connectivity index (χ0n) is 14.1. The fourth-order valence-electron chi connectivity index (χ4n) is 2.70. The van der Waals surface area contributed by atoms with E-state index in [2.05, 4.69) is 20.6 Å². The molecule has 132 valence electrons. The predicted molar refractivity (Wildman–Crippen MR) is 95.8 cm³/mol. The topological polar surface area (TPSA) is 101 Å². The monoisotopic (exact) mass is 360 g/mol. The fourth-order valence-corrected chi connectivity index (χ4v) is 4.37. The van der Waals surface area contributed by atoms with Crippen molar-refractivity contribution in [2.24, 2.45) is 0 Å². The largest absolute Gasteiger partial charge is 0.347 e. The molecule has 1 aromatic carbocycles. The molecule has 7 nitrogen and oxygen atoms in total. The molecule has 2 heterocycles. The van der Waals surface area contributed by atoms with Crippen molar-refractivity contribution in [1.29, 1.82) is 0 Å². The van der Waals surface area contributed by atoms with Crippen LogP contribution >= 0.6 is 0 Å². The SMILES string of the molecule is Cc1ccc(Nc2cc(C(=O)NC3CCS(=O)(=O)C3)nc(C)n2)cc1. The highest BCUT2D eigenvalue weighted by molar-refractivity contribution is 7.91. The molecule has 1 atom stereocenters. The Kier molecular flexibility index (Phi) is 4.71. The van der Waals surface area contributed by atoms with Crippen molar-refractivity contribution < 1.29 is 13.2 Å². The molecule has 3 rings (SSSR count). The van der Waals surface area contributed by atoms with Gasteiger partial charge in [0.15, 0.2) is 9.84 Å². The summed E-state index contributed by atoms with van der Waals surface area (Å²) in [5.74, 6) is 0.680. The van der Waals surface area contributed by atoms with Gasteiger partial charge in [-0.3, -0.25) is 4.79 Å². The highest BCUT2D eigenvalue weighted by atomic mass is 32.2. The van der Waals surface area contributed by atoms with Crippen LogP contribution in [0.4, 0.5) is 11.5 Å². The summed E-state index contributed by atoms with van der Waals surface area (Å²) in [7, 11) is -3.04. The van der Waals surface area contributed by atoms with Gasteiger partial charge in [0.25, 0.3) is 5.91 Å². The van der Waals surface area contributed by atoms with Crippen molar-refractivity contribution in [3.63, 3.8) is 0 Å². The summed E-state index contributed by atoms with van der Waals surface area (Å²) in [4.78, 5) is 20.8. The number of hydrogen-bond acceptors (Lipinski definition) is 6. The minimum absolute atomic E-state index is 0.0166. The number of amides is 1. The quantitative estimate of drug-likeness (QED) is 0.861. The van der Waals surface area contributed by atoms with Gasteiger partial charge in [0, 0.05) is 17.8 Å². The lowest BCUT2D eigenvalue weighted by atomic mass is 10.2. The lowest BCUT2D eigenvalue weighted by molar-refractivity contribution is 0.0935. The first kappa shape index (κ1) is 17.3. The van der Waals surface area contributed by atoms with Crippen LogP contribution in [0.1, 0.15) is 28.3 Å². The molecule has 0 bridgehead atoms. The number of carbonyl (C=O) groups excluding carboxylic acids is 1. The molecule has 2 aromatic rings. The van der Waals surface area contributed by atoms with Crippen LogP contribution in [0.3, 0.4) is 0 Å². The number of nitrogens with one attached hydrogen (secondary N) is 2. The van der Waals surface area contributed by atoms with E-state index in [0.717, 1.165) is 11.3 Å². The number of anilines is 2. The van der Waals surface area contributed by atoms with Crippen LogP contribution in [-0.2, 0) is 9.84 Å². The van der Waals surface area contributed by atoms with E-state index in [0.29, 0.717) is 18.1 Å². The summed E-state index contributed by atoms with van der Waals surface area (Å²) in [6.45, 7) is 3.71. The lowest BCUT2D eigenvalue weighted by Gasteiger charge is -2.12. The first-order valence-electron chi connectivity index (χ1n) is 8.01. The Bertz CT molecular complexity index is 895. The number of sulfone groups is 1. The molecule has 8 heteroatoms. The van der Waals surface area contributed by atoms with Crippen LogP contribution in [-0.4, -0.2) is 41.8 Å². The fraction of sp³-hybridized carbons (Fsp3) is 0.353. The molecule has 1 unspecified atom stereocenters. The number of aryl methyl sites for hydroxylation is 2. The first-order valence-corrected chi connectivity index (χ1v) is 9.83. The summed E-state index contributed by atoms with van der Waals surface area (Å²) in [5.41, 5.74) is 2.22. The molecule has 2 N–H and O–H groups in total. The molecule has 1 fully saturated rings. The van der Waals surface area contributed by atoms with Crippen LogP contribution in [0, 0.1) is 13.8 Å². The van der Waals surface area contributed by atoms with Crippen molar-refractivity contribution in [3.05, 3.63) is 47.4 Å². The lowest BCUT2D eigenvalue weighted by Crippen LogP contribution is -2.36. The van der Waals surface area contributed by atoms with Crippen molar-refractivity contribution in [3.8, 4) is 0 Å². The average Bonchev–Trinajstić information content (AvgIpc) is 2.88. The Labute approximate surface area is 146 Å². The molecule has 1 aromatic heterocycles. The second-order valence-corrected chi connectivity index (χ2v) is 8.48.